The van der Waals surface area contributed by atoms with E-state index in [-0.39, 0.29) is 11.4 Å². The van der Waals surface area contributed by atoms with Crippen LogP contribution in [-0.2, 0) is 9.53 Å². The van der Waals surface area contributed by atoms with Crippen LogP contribution >= 0.6 is 11.6 Å². The number of amidine groups is 1. The van der Waals surface area contributed by atoms with Crippen molar-refractivity contribution in [3.8, 4) is 0 Å². The van der Waals surface area contributed by atoms with Gasteiger partial charge in [-0.15, -0.1) is 0 Å². The van der Waals surface area contributed by atoms with Gasteiger partial charge in [0.05, 0.1) is 18.8 Å². The molecular formula is C19H27ClN4O2. The molecule has 26 heavy (non-hydrogen) atoms. The number of primary amides is 1. The second-order valence-corrected chi connectivity index (χ2v) is 6.80. The van der Waals surface area contributed by atoms with E-state index in [0.717, 1.165) is 44.0 Å². The van der Waals surface area contributed by atoms with Crippen molar-refractivity contribution < 1.29 is 9.53 Å². The molecule has 2 aliphatic heterocycles. The summed E-state index contributed by atoms with van der Waals surface area (Å²) >= 11 is 6.21. The maximum Gasteiger partial charge on any atom is 0.252 e. The van der Waals surface area contributed by atoms with Crippen LogP contribution in [0, 0.1) is 5.41 Å². The van der Waals surface area contributed by atoms with Gasteiger partial charge in [0.25, 0.3) is 5.91 Å². The Morgan fingerprint density at radius 3 is 2.73 bits per heavy atom. The van der Waals surface area contributed by atoms with Gasteiger partial charge in [0, 0.05) is 43.0 Å². The normalized spacial score (nSPS) is 19.9. The van der Waals surface area contributed by atoms with Gasteiger partial charge in [0.2, 0.25) is 0 Å². The standard InChI is InChI=1S/C19H27ClN4O2/c1-3-4-15(11-14(2)23-7-9-26-10-8-23)12-24-13-16(20)5-6-17(18(24)21)19(22)25/h4,6,11,13,21H,3,5,7-10,12H2,1-2H3,(H2,22,25)/b14-11+,15-4+,21-18?. The summed E-state index contributed by atoms with van der Waals surface area (Å²) in [4.78, 5) is 15.6. The number of hydrogen-bond donors (Lipinski definition) is 2. The average molecular weight is 379 g/mol. The number of ether oxygens (including phenoxy) is 1. The van der Waals surface area contributed by atoms with E-state index in [1.165, 1.54) is 0 Å². The van der Waals surface area contributed by atoms with Gasteiger partial charge in [-0.2, -0.15) is 0 Å². The average Bonchev–Trinajstić information content (AvgIpc) is 2.74. The van der Waals surface area contributed by atoms with Crippen LogP contribution in [-0.4, -0.2) is 54.4 Å². The van der Waals surface area contributed by atoms with E-state index in [1.54, 1.807) is 17.2 Å². The first-order chi connectivity index (χ1) is 12.4. The van der Waals surface area contributed by atoms with Gasteiger partial charge in [-0.25, -0.2) is 0 Å². The zero-order chi connectivity index (χ0) is 19.1. The molecule has 1 fully saturated rings. The van der Waals surface area contributed by atoms with Gasteiger partial charge in [-0.3, -0.25) is 10.2 Å². The van der Waals surface area contributed by atoms with E-state index >= 15 is 0 Å². The fourth-order valence-corrected chi connectivity index (χ4v) is 3.18. The van der Waals surface area contributed by atoms with Crippen LogP contribution < -0.4 is 5.73 Å². The lowest BCUT2D eigenvalue weighted by Gasteiger charge is -2.30. The van der Waals surface area contributed by atoms with Crippen LogP contribution in [0.1, 0.15) is 26.7 Å². The third-order valence-corrected chi connectivity index (χ3v) is 4.58. The van der Waals surface area contributed by atoms with Crippen molar-refractivity contribution in [3.05, 3.63) is 46.3 Å². The summed E-state index contributed by atoms with van der Waals surface area (Å²) in [6.45, 7) is 7.83. The number of amides is 1. The molecule has 0 bridgehead atoms. The van der Waals surface area contributed by atoms with E-state index < -0.39 is 5.91 Å². The molecule has 2 heterocycles. The predicted molar refractivity (Wildman–Crippen MR) is 105 cm³/mol. The third kappa shape index (κ3) is 5.47. The fraction of sp³-hybridized carbons (Fsp3) is 0.474. The van der Waals surface area contributed by atoms with Crippen LogP contribution in [0.3, 0.4) is 0 Å². The van der Waals surface area contributed by atoms with Crippen molar-refractivity contribution in [1.29, 1.82) is 5.41 Å². The molecule has 0 unspecified atom stereocenters. The Morgan fingerprint density at radius 1 is 1.42 bits per heavy atom. The highest BCUT2D eigenvalue weighted by Gasteiger charge is 2.21. The van der Waals surface area contributed by atoms with Crippen molar-refractivity contribution in [2.24, 2.45) is 5.73 Å². The molecule has 0 saturated carbocycles. The molecule has 1 saturated heterocycles. The van der Waals surface area contributed by atoms with Gasteiger partial charge in [-0.1, -0.05) is 30.7 Å². The van der Waals surface area contributed by atoms with Crippen molar-refractivity contribution in [2.45, 2.75) is 26.7 Å². The lowest BCUT2D eigenvalue weighted by Crippen LogP contribution is -2.35. The quantitative estimate of drug-likeness (QED) is 0.696. The Balaban J connectivity index is 2.21. The van der Waals surface area contributed by atoms with Crippen molar-refractivity contribution in [3.63, 3.8) is 0 Å². The summed E-state index contributed by atoms with van der Waals surface area (Å²) in [6, 6.07) is 0. The number of carbonyl (C=O) groups excluding carboxylic acids is 1. The molecule has 0 atom stereocenters. The first-order valence-corrected chi connectivity index (χ1v) is 9.22. The molecule has 0 radical (unpaired) electrons. The minimum absolute atomic E-state index is 0.0765. The molecule has 3 N–H and O–H groups in total. The smallest absolute Gasteiger partial charge is 0.252 e. The highest BCUT2D eigenvalue weighted by atomic mass is 35.5. The number of hydrogen-bond acceptors (Lipinski definition) is 4. The maximum absolute atomic E-state index is 11.6. The zero-order valence-electron chi connectivity index (χ0n) is 15.4. The Labute approximate surface area is 160 Å². The highest BCUT2D eigenvalue weighted by molar-refractivity contribution is 6.30. The van der Waals surface area contributed by atoms with Crippen LogP contribution in [0.15, 0.2) is 46.3 Å². The molecule has 142 valence electrons. The number of morpholine rings is 1. The Bertz CT molecular complexity index is 673. The molecule has 1 amide bonds. The molecular weight excluding hydrogens is 352 g/mol. The Morgan fingerprint density at radius 2 is 2.12 bits per heavy atom. The molecule has 2 aliphatic rings. The minimum Gasteiger partial charge on any atom is -0.378 e. The lowest BCUT2D eigenvalue weighted by atomic mass is 10.1. The van der Waals surface area contributed by atoms with Gasteiger partial charge < -0.3 is 20.3 Å². The predicted octanol–water partition coefficient (Wildman–Crippen LogP) is 2.73. The monoisotopic (exact) mass is 378 g/mol. The Kier molecular flexibility index (Phi) is 7.48. The van der Waals surface area contributed by atoms with E-state index in [2.05, 4.69) is 30.9 Å². The minimum atomic E-state index is -0.610. The summed E-state index contributed by atoms with van der Waals surface area (Å²) in [5.74, 6) is -0.534. The second kappa shape index (κ2) is 9.59. The van der Waals surface area contributed by atoms with Crippen LogP contribution in [0.25, 0.3) is 0 Å². The fourth-order valence-electron chi connectivity index (χ4n) is 2.98. The number of nitrogens with zero attached hydrogens (tertiary/aromatic N) is 2. The second-order valence-electron chi connectivity index (χ2n) is 6.31. The van der Waals surface area contributed by atoms with E-state index in [4.69, 9.17) is 27.5 Å². The number of nitrogens with one attached hydrogen (secondary N) is 1. The van der Waals surface area contributed by atoms with E-state index in [1.807, 2.05) is 0 Å². The summed E-state index contributed by atoms with van der Waals surface area (Å²) in [5.41, 5.74) is 7.84. The lowest BCUT2D eigenvalue weighted by molar-refractivity contribution is -0.114. The first-order valence-electron chi connectivity index (χ1n) is 8.84. The van der Waals surface area contributed by atoms with Gasteiger partial charge in [0.1, 0.15) is 5.84 Å². The zero-order valence-corrected chi connectivity index (χ0v) is 16.2. The molecule has 7 heteroatoms. The highest BCUT2D eigenvalue weighted by Crippen LogP contribution is 2.20. The third-order valence-electron chi connectivity index (χ3n) is 4.33. The molecule has 0 aromatic heterocycles. The summed E-state index contributed by atoms with van der Waals surface area (Å²) in [7, 11) is 0. The molecule has 0 aromatic carbocycles. The van der Waals surface area contributed by atoms with E-state index in [0.29, 0.717) is 18.0 Å². The molecule has 0 spiro atoms. The number of carbonyl (C=O) groups is 1. The van der Waals surface area contributed by atoms with Crippen LogP contribution in [0.2, 0.25) is 0 Å². The largest absolute Gasteiger partial charge is 0.378 e. The summed E-state index contributed by atoms with van der Waals surface area (Å²) < 4.78 is 5.41. The van der Waals surface area contributed by atoms with Crippen LogP contribution in [0.4, 0.5) is 0 Å². The maximum atomic E-state index is 11.6. The van der Waals surface area contributed by atoms with Crippen molar-refractivity contribution in [1.82, 2.24) is 9.80 Å². The number of halogens is 1. The molecule has 0 aliphatic carbocycles. The Hall–Kier alpha value is -2.05. The topological polar surface area (TPSA) is 82.7 Å². The SMILES string of the molecule is CC/C=C(\C=C(/C)N1CCOCC1)CN1C=C(Cl)CC=C(C(N)=O)C1=N. The molecule has 2 rings (SSSR count). The molecule has 6 nitrogen and oxygen atoms in total. The summed E-state index contributed by atoms with van der Waals surface area (Å²) in [6.07, 6.45) is 8.84. The number of rotatable bonds is 6. The van der Waals surface area contributed by atoms with Crippen molar-refractivity contribution in [2.75, 3.05) is 32.8 Å². The van der Waals surface area contributed by atoms with E-state index in [9.17, 15) is 4.79 Å². The number of nitrogens with two attached hydrogens (primary N) is 1. The first kappa shape index (κ1) is 20.3. The van der Waals surface area contributed by atoms with Gasteiger partial charge >= 0.3 is 0 Å². The number of allylic oxidation sites excluding steroid dienone is 4. The van der Waals surface area contributed by atoms with Crippen LogP contribution in [0.5, 0.6) is 0 Å². The summed E-state index contributed by atoms with van der Waals surface area (Å²) in [5, 5.41) is 8.91. The molecule has 0 aromatic rings. The van der Waals surface area contributed by atoms with Gasteiger partial charge in [-0.05, 0) is 25.0 Å². The van der Waals surface area contributed by atoms with Crippen molar-refractivity contribution >= 4 is 23.3 Å². The van der Waals surface area contributed by atoms with Gasteiger partial charge in [0.15, 0.2) is 0 Å².